The van der Waals surface area contributed by atoms with E-state index < -0.39 is 0 Å². The maximum atomic E-state index is 3.40. The van der Waals surface area contributed by atoms with E-state index in [4.69, 9.17) is 0 Å². The topological polar surface area (TPSA) is 15.3 Å². The lowest BCUT2D eigenvalue weighted by molar-refractivity contribution is 0.148. The molecular formula is C15H32N2. The molecule has 1 fully saturated rings. The van der Waals surface area contributed by atoms with Crippen molar-refractivity contribution in [2.24, 2.45) is 11.3 Å². The Morgan fingerprint density at radius 3 is 2.59 bits per heavy atom. The van der Waals surface area contributed by atoms with Crippen molar-refractivity contribution in [1.82, 2.24) is 10.2 Å². The predicted molar refractivity (Wildman–Crippen MR) is 76.4 cm³/mol. The zero-order chi connectivity index (χ0) is 12.9. The number of hydrogen-bond acceptors (Lipinski definition) is 2. The number of nitrogens with one attached hydrogen (secondary N) is 1. The molecule has 1 heterocycles. The van der Waals surface area contributed by atoms with Gasteiger partial charge in [-0.3, -0.25) is 0 Å². The van der Waals surface area contributed by atoms with Gasteiger partial charge in [0.15, 0.2) is 0 Å². The number of hydrogen-bond donors (Lipinski definition) is 1. The van der Waals surface area contributed by atoms with E-state index in [0.29, 0.717) is 11.5 Å². The smallest absolute Gasteiger partial charge is 0.00991 e. The predicted octanol–water partition coefficient (Wildman–Crippen LogP) is 3.13. The highest BCUT2D eigenvalue weighted by Gasteiger charge is 2.28. The van der Waals surface area contributed by atoms with Gasteiger partial charge in [-0.2, -0.15) is 0 Å². The fraction of sp³-hybridized carbons (Fsp3) is 1.00. The van der Waals surface area contributed by atoms with Gasteiger partial charge in [0.2, 0.25) is 0 Å². The zero-order valence-electron chi connectivity index (χ0n) is 12.6. The van der Waals surface area contributed by atoms with Gasteiger partial charge < -0.3 is 10.2 Å². The third-order valence-electron chi connectivity index (χ3n) is 4.75. The summed E-state index contributed by atoms with van der Waals surface area (Å²) in [5.74, 6) is 0.977. The Bertz CT molecular complexity index is 213. The lowest BCUT2D eigenvalue weighted by atomic mass is 9.85. The van der Waals surface area contributed by atoms with Gasteiger partial charge in [0, 0.05) is 12.6 Å². The maximum Gasteiger partial charge on any atom is 0.00991 e. The quantitative estimate of drug-likeness (QED) is 0.794. The molecule has 1 N–H and O–H groups in total. The van der Waals surface area contributed by atoms with Crippen molar-refractivity contribution in [3.05, 3.63) is 0 Å². The van der Waals surface area contributed by atoms with Crippen LogP contribution in [-0.4, -0.2) is 37.6 Å². The van der Waals surface area contributed by atoms with Crippen LogP contribution in [-0.2, 0) is 0 Å². The molecule has 102 valence electrons. The van der Waals surface area contributed by atoms with Crippen LogP contribution in [0.25, 0.3) is 0 Å². The van der Waals surface area contributed by atoms with Gasteiger partial charge in [-0.1, -0.05) is 27.2 Å². The molecule has 0 aromatic carbocycles. The normalized spacial score (nSPS) is 25.6. The summed E-state index contributed by atoms with van der Waals surface area (Å²) in [6.45, 7) is 13.2. The molecule has 0 radical (unpaired) electrons. The van der Waals surface area contributed by atoms with Gasteiger partial charge in [-0.15, -0.1) is 0 Å². The van der Waals surface area contributed by atoms with E-state index in [0.717, 1.165) is 5.92 Å². The second-order valence-corrected chi connectivity index (χ2v) is 6.48. The minimum Gasteiger partial charge on any atom is -0.317 e. The highest BCUT2D eigenvalue weighted by molar-refractivity contribution is 4.84. The molecule has 0 amide bonds. The first-order chi connectivity index (χ1) is 7.99. The SMILES string of the molecule is CCC1CCCN(CC(C)(C)C(C)NC)CC1. The molecule has 2 atom stereocenters. The summed E-state index contributed by atoms with van der Waals surface area (Å²) in [7, 11) is 2.07. The number of likely N-dealkylation sites (tertiary alicyclic amines) is 1. The van der Waals surface area contributed by atoms with Crippen molar-refractivity contribution in [3.63, 3.8) is 0 Å². The molecule has 1 saturated heterocycles. The molecule has 2 unspecified atom stereocenters. The maximum absolute atomic E-state index is 3.40. The fourth-order valence-corrected chi connectivity index (χ4v) is 2.90. The van der Waals surface area contributed by atoms with Crippen LogP contribution in [0.2, 0.25) is 0 Å². The number of rotatable bonds is 5. The average molecular weight is 240 g/mol. The molecule has 1 aliphatic rings. The van der Waals surface area contributed by atoms with Crippen molar-refractivity contribution < 1.29 is 0 Å². The first kappa shape index (κ1) is 15.0. The van der Waals surface area contributed by atoms with Crippen LogP contribution in [0.15, 0.2) is 0 Å². The lowest BCUT2D eigenvalue weighted by Gasteiger charge is -2.36. The van der Waals surface area contributed by atoms with Crippen LogP contribution in [0, 0.1) is 11.3 Å². The standard InChI is InChI=1S/C15H32N2/c1-6-14-8-7-10-17(11-9-14)12-15(3,4)13(2)16-5/h13-14,16H,6-12H2,1-5H3. The molecule has 0 aromatic heterocycles. The first-order valence-electron chi connectivity index (χ1n) is 7.39. The molecule has 17 heavy (non-hydrogen) atoms. The Morgan fingerprint density at radius 2 is 2.00 bits per heavy atom. The van der Waals surface area contributed by atoms with E-state index in [1.165, 1.54) is 45.3 Å². The Morgan fingerprint density at radius 1 is 1.29 bits per heavy atom. The largest absolute Gasteiger partial charge is 0.317 e. The van der Waals surface area contributed by atoms with E-state index >= 15 is 0 Å². The van der Waals surface area contributed by atoms with E-state index in [9.17, 15) is 0 Å². The van der Waals surface area contributed by atoms with Gasteiger partial charge in [0.05, 0.1) is 0 Å². The first-order valence-corrected chi connectivity index (χ1v) is 7.39. The molecule has 0 aliphatic carbocycles. The van der Waals surface area contributed by atoms with Crippen molar-refractivity contribution in [2.75, 3.05) is 26.7 Å². The molecule has 1 aliphatic heterocycles. The van der Waals surface area contributed by atoms with Crippen LogP contribution in [0.5, 0.6) is 0 Å². The summed E-state index contributed by atoms with van der Waals surface area (Å²) in [6, 6.07) is 0.577. The van der Waals surface area contributed by atoms with Crippen LogP contribution >= 0.6 is 0 Å². The minimum absolute atomic E-state index is 0.362. The average Bonchev–Trinajstić information content (AvgIpc) is 2.52. The van der Waals surface area contributed by atoms with Gasteiger partial charge in [-0.25, -0.2) is 0 Å². The summed E-state index contributed by atoms with van der Waals surface area (Å²) < 4.78 is 0. The van der Waals surface area contributed by atoms with Crippen molar-refractivity contribution in [3.8, 4) is 0 Å². The molecule has 2 heteroatoms. The van der Waals surface area contributed by atoms with Crippen molar-refractivity contribution in [2.45, 2.75) is 59.4 Å². The van der Waals surface area contributed by atoms with Crippen molar-refractivity contribution >= 4 is 0 Å². The van der Waals surface area contributed by atoms with Crippen molar-refractivity contribution in [1.29, 1.82) is 0 Å². The van der Waals surface area contributed by atoms with E-state index in [1.54, 1.807) is 0 Å². The monoisotopic (exact) mass is 240 g/mol. The van der Waals surface area contributed by atoms with Gasteiger partial charge in [-0.05, 0) is 57.7 Å². The van der Waals surface area contributed by atoms with Gasteiger partial charge in [0.1, 0.15) is 0 Å². The fourth-order valence-electron chi connectivity index (χ4n) is 2.90. The molecule has 0 saturated carbocycles. The third-order valence-corrected chi connectivity index (χ3v) is 4.75. The molecule has 1 rings (SSSR count). The Hall–Kier alpha value is -0.0800. The Balaban J connectivity index is 2.46. The van der Waals surface area contributed by atoms with Gasteiger partial charge >= 0.3 is 0 Å². The summed E-state index contributed by atoms with van der Waals surface area (Å²) in [5.41, 5.74) is 0.362. The zero-order valence-corrected chi connectivity index (χ0v) is 12.6. The van der Waals surface area contributed by atoms with Gasteiger partial charge in [0.25, 0.3) is 0 Å². The highest BCUT2D eigenvalue weighted by atomic mass is 15.1. The Kier molecular flexibility index (Phi) is 5.94. The summed E-state index contributed by atoms with van der Waals surface area (Å²) in [5, 5.41) is 3.40. The summed E-state index contributed by atoms with van der Waals surface area (Å²) >= 11 is 0. The third kappa shape index (κ3) is 4.59. The molecule has 0 bridgehead atoms. The van der Waals surface area contributed by atoms with Crippen LogP contribution in [0.3, 0.4) is 0 Å². The lowest BCUT2D eigenvalue weighted by Crippen LogP contribution is -2.45. The molecule has 0 spiro atoms. The van der Waals surface area contributed by atoms with E-state index in [2.05, 4.69) is 45.0 Å². The van der Waals surface area contributed by atoms with Crippen LogP contribution in [0.1, 0.15) is 53.4 Å². The van der Waals surface area contributed by atoms with Crippen LogP contribution in [0.4, 0.5) is 0 Å². The van der Waals surface area contributed by atoms with E-state index in [1.807, 2.05) is 0 Å². The second kappa shape index (κ2) is 6.75. The molecule has 2 nitrogen and oxygen atoms in total. The molecular weight excluding hydrogens is 208 g/mol. The Labute approximate surface area is 108 Å². The summed E-state index contributed by atoms with van der Waals surface area (Å²) in [4.78, 5) is 2.68. The second-order valence-electron chi connectivity index (χ2n) is 6.48. The highest BCUT2D eigenvalue weighted by Crippen LogP contribution is 2.26. The minimum atomic E-state index is 0.362. The number of nitrogens with zero attached hydrogens (tertiary/aromatic N) is 1. The molecule has 0 aromatic rings. The summed E-state index contributed by atoms with van der Waals surface area (Å²) in [6.07, 6.45) is 5.60. The van der Waals surface area contributed by atoms with E-state index in [-0.39, 0.29) is 0 Å². The van der Waals surface area contributed by atoms with Crippen LogP contribution < -0.4 is 5.32 Å².